The number of hydrogen-bond donors (Lipinski definition) is 1. The van der Waals surface area contributed by atoms with Crippen molar-refractivity contribution in [3.8, 4) is 11.7 Å². The predicted octanol–water partition coefficient (Wildman–Crippen LogP) is 2.61. The molecule has 6 heteroatoms. The molecule has 2 aromatic heterocycles. The van der Waals surface area contributed by atoms with Crippen molar-refractivity contribution in [3.05, 3.63) is 35.7 Å². The highest BCUT2D eigenvalue weighted by Crippen LogP contribution is 2.28. The average Bonchev–Trinajstić information content (AvgIpc) is 3.04. The molecular weight excluding hydrogens is 270 g/mol. The van der Waals surface area contributed by atoms with Crippen molar-refractivity contribution in [2.75, 3.05) is 13.7 Å². The Labute approximate surface area is 121 Å². The second-order valence-corrected chi connectivity index (χ2v) is 5.43. The van der Waals surface area contributed by atoms with Crippen molar-refractivity contribution in [1.82, 2.24) is 10.1 Å². The van der Waals surface area contributed by atoms with Gasteiger partial charge in [0.25, 0.3) is 5.89 Å². The number of aromatic nitrogens is 2. The summed E-state index contributed by atoms with van der Waals surface area (Å²) in [6, 6.07) is 7.83. The molecule has 2 heterocycles. The summed E-state index contributed by atoms with van der Waals surface area (Å²) < 4.78 is 16.0. The molecule has 0 aliphatic heterocycles. The molecule has 21 heavy (non-hydrogen) atoms. The molecule has 110 valence electrons. The summed E-state index contributed by atoms with van der Waals surface area (Å²) in [6.07, 6.45) is 0. The number of ether oxygens (including phenoxy) is 1. The van der Waals surface area contributed by atoms with E-state index in [1.807, 2.05) is 31.2 Å². The van der Waals surface area contributed by atoms with Crippen LogP contribution in [0.15, 0.2) is 33.2 Å². The number of methoxy groups -OCH3 is 1. The molecule has 2 N–H and O–H groups in total. The van der Waals surface area contributed by atoms with E-state index in [-0.39, 0.29) is 0 Å². The first-order valence-electron chi connectivity index (χ1n) is 6.62. The van der Waals surface area contributed by atoms with Crippen LogP contribution in [0.1, 0.15) is 18.3 Å². The van der Waals surface area contributed by atoms with Gasteiger partial charge in [-0.05, 0) is 32.0 Å². The van der Waals surface area contributed by atoms with E-state index >= 15 is 0 Å². The Morgan fingerprint density at radius 3 is 2.90 bits per heavy atom. The second-order valence-electron chi connectivity index (χ2n) is 5.43. The van der Waals surface area contributed by atoms with Gasteiger partial charge in [0.2, 0.25) is 0 Å². The van der Waals surface area contributed by atoms with Gasteiger partial charge in [-0.25, -0.2) is 0 Å². The minimum Gasteiger partial charge on any atom is -0.451 e. The summed E-state index contributed by atoms with van der Waals surface area (Å²) in [5.74, 6) is 1.23. The normalized spacial score (nSPS) is 14.5. The molecule has 0 spiro atoms. The van der Waals surface area contributed by atoms with Gasteiger partial charge in [-0.2, -0.15) is 4.98 Å². The lowest BCUT2D eigenvalue weighted by molar-refractivity contribution is 0.135. The summed E-state index contributed by atoms with van der Waals surface area (Å²) in [5.41, 5.74) is 7.23. The number of rotatable bonds is 4. The summed E-state index contributed by atoms with van der Waals surface area (Å²) in [4.78, 5) is 4.31. The number of nitrogens with zero attached hydrogens (tertiary/aromatic N) is 2. The number of benzene rings is 1. The largest absolute Gasteiger partial charge is 0.451 e. The van der Waals surface area contributed by atoms with Gasteiger partial charge >= 0.3 is 0 Å². The lowest BCUT2D eigenvalue weighted by Gasteiger charge is -2.18. The van der Waals surface area contributed by atoms with E-state index in [0.717, 1.165) is 16.5 Å². The zero-order valence-corrected chi connectivity index (χ0v) is 12.2. The van der Waals surface area contributed by atoms with Crippen LogP contribution in [0.5, 0.6) is 0 Å². The highest BCUT2D eigenvalue weighted by Gasteiger charge is 2.28. The molecule has 1 atom stereocenters. The molecule has 0 saturated heterocycles. The zero-order chi connectivity index (χ0) is 15.0. The van der Waals surface area contributed by atoms with Crippen molar-refractivity contribution in [1.29, 1.82) is 0 Å². The Balaban J connectivity index is 1.98. The molecule has 0 aliphatic carbocycles. The fraction of sp³-hybridized carbons (Fsp3) is 0.333. The van der Waals surface area contributed by atoms with Crippen LogP contribution in [-0.4, -0.2) is 23.9 Å². The van der Waals surface area contributed by atoms with Crippen LogP contribution in [-0.2, 0) is 10.3 Å². The molecule has 0 bridgehead atoms. The van der Waals surface area contributed by atoms with Crippen LogP contribution < -0.4 is 5.73 Å². The van der Waals surface area contributed by atoms with Crippen LogP contribution in [0.3, 0.4) is 0 Å². The SMILES string of the molecule is COCC(C)(N)c1noc(-c2cc3cc(C)ccc3o2)n1. The van der Waals surface area contributed by atoms with Gasteiger partial charge in [-0.1, -0.05) is 16.8 Å². The Morgan fingerprint density at radius 2 is 2.14 bits per heavy atom. The maximum atomic E-state index is 6.09. The third-order valence-electron chi connectivity index (χ3n) is 3.26. The highest BCUT2D eigenvalue weighted by molar-refractivity contribution is 5.82. The average molecular weight is 287 g/mol. The first-order valence-corrected chi connectivity index (χ1v) is 6.62. The Bertz CT molecular complexity index is 773. The zero-order valence-electron chi connectivity index (χ0n) is 12.2. The van der Waals surface area contributed by atoms with Gasteiger partial charge in [-0.3, -0.25) is 0 Å². The van der Waals surface area contributed by atoms with Gasteiger partial charge in [0, 0.05) is 12.5 Å². The number of hydrogen-bond acceptors (Lipinski definition) is 6. The van der Waals surface area contributed by atoms with E-state index in [1.54, 1.807) is 14.0 Å². The minimum absolute atomic E-state index is 0.297. The standard InChI is InChI=1S/C15H17N3O3/c1-9-4-5-11-10(6-9)7-12(20-11)13-17-14(18-21-13)15(2,16)8-19-3/h4-7H,8,16H2,1-3H3. The van der Waals surface area contributed by atoms with Crippen molar-refractivity contribution < 1.29 is 13.7 Å². The van der Waals surface area contributed by atoms with E-state index in [4.69, 9.17) is 19.4 Å². The van der Waals surface area contributed by atoms with Crippen LogP contribution in [0.4, 0.5) is 0 Å². The van der Waals surface area contributed by atoms with Gasteiger partial charge in [0.15, 0.2) is 11.6 Å². The fourth-order valence-corrected chi connectivity index (χ4v) is 2.19. The van der Waals surface area contributed by atoms with E-state index in [0.29, 0.717) is 24.1 Å². The molecule has 1 aromatic carbocycles. The predicted molar refractivity (Wildman–Crippen MR) is 77.7 cm³/mol. The lowest BCUT2D eigenvalue weighted by Crippen LogP contribution is -2.38. The van der Waals surface area contributed by atoms with Gasteiger partial charge in [-0.15, -0.1) is 0 Å². The first-order chi connectivity index (χ1) is 9.99. The molecule has 3 rings (SSSR count). The smallest absolute Gasteiger partial charge is 0.293 e. The molecule has 0 fully saturated rings. The van der Waals surface area contributed by atoms with Crippen LogP contribution in [0.2, 0.25) is 0 Å². The van der Waals surface area contributed by atoms with Crippen LogP contribution in [0.25, 0.3) is 22.6 Å². The van der Waals surface area contributed by atoms with E-state index in [9.17, 15) is 0 Å². The molecule has 1 unspecified atom stereocenters. The third kappa shape index (κ3) is 2.55. The second kappa shape index (κ2) is 4.98. The van der Waals surface area contributed by atoms with Crippen molar-refractivity contribution >= 4 is 11.0 Å². The van der Waals surface area contributed by atoms with E-state index < -0.39 is 5.54 Å². The first kappa shape index (κ1) is 13.8. The van der Waals surface area contributed by atoms with E-state index in [1.165, 1.54) is 0 Å². The summed E-state index contributed by atoms with van der Waals surface area (Å²) >= 11 is 0. The Morgan fingerprint density at radius 1 is 1.33 bits per heavy atom. The maximum Gasteiger partial charge on any atom is 0.293 e. The van der Waals surface area contributed by atoms with Crippen molar-refractivity contribution in [2.24, 2.45) is 5.73 Å². The van der Waals surface area contributed by atoms with Gasteiger partial charge in [0.1, 0.15) is 11.1 Å². The van der Waals surface area contributed by atoms with Gasteiger partial charge in [0.05, 0.1) is 6.61 Å². The van der Waals surface area contributed by atoms with Gasteiger partial charge < -0.3 is 19.4 Å². The number of aryl methyl sites for hydroxylation is 1. The van der Waals surface area contributed by atoms with Crippen molar-refractivity contribution in [3.63, 3.8) is 0 Å². The summed E-state index contributed by atoms with van der Waals surface area (Å²) in [7, 11) is 1.58. The number of furan rings is 1. The Kier molecular flexibility index (Phi) is 3.27. The topological polar surface area (TPSA) is 87.3 Å². The molecule has 0 amide bonds. The quantitative estimate of drug-likeness (QED) is 0.793. The lowest BCUT2D eigenvalue weighted by atomic mass is 10.1. The maximum absolute atomic E-state index is 6.09. The van der Waals surface area contributed by atoms with Crippen LogP contribution >= 0.6 is 0 Å². The monoisotopic (exact) mass is 287 g/mol. The summed E-state index contributed by atoms with van der Waals surface area (Å²) in [5, 5.41) is 4.92. The molecule has 0 saturated carbocycles. The molecule has 0 aliphatic rings. The molecule has 6 nitrogen and oxygen atoms in total. The Hall–Kier alpha value is -2.18. The summed E-state index contributed by atoms with van der Waals surface area (Å²) in [6.45, 7) is 4.11. The molecular formula is C15H17N3O3. The fourth-order valence-electron chi connectivity index (χ4n) is 2.19. The number of nitrogens with two attached hydrogens (primary N) is 1. The molecule has 3 aromatic rings. The number of fused-ring (bicyclic) bond motifs is 1. The van der Waals surface area contributed by atoms with Crippen molar-refractivity contribution in [2.45, 2.75) is 19.4 Å². The minimum atomic E-state index is -0.806. The molecule has 0 radical (unpaired) electrons. The van der Waals surface area contributed by atoms with E-state index in [2.05, 4.69) is 10.1 Å². The third-order valence-corrected chi connectivity index (χ3v) is 3.26. The van der Waals surface area contributed by atoms with Crippen LogP contribution in [0, 0.1) is 6.92 Å². The highest BCUT2D eigenvalue weighted by atomic mass is 16.5.